The Hall–Kier alpha value is -4.20. The van der Waals surface area contributed by atoms with Gasteiger partial charge in [-0.25, -0.2) is 19.4 Å². The Kier molecular flexibility index (Phi) is 12.5. The second kappa shape index (κ2) is 17.5. The van der Waals surface area contributed by atoms with Crippen molar-refractivity contribution in [1.29, 1.82) is 0 Å². The maximum absolute atomic E-state index is 14.2. The van der Waals surface area contributed by atoms with Gasteiger partial charge < -0.3 is 32.8 Å². The number of rotatable bonds is 10. The summed E-state index contributed by atoms with van der Waals surface area (Å²) in [5.41, 5.74) is -0.279. The van der Waals surface area contributed by atoms with Gasteiger partial charge in [-0.05, 0) is 88.1 Å². The molecule has 1 saturated carbocycles. The minimum absolute atomic E-state index is 0.119. The van der Waals surface area contributed by atoms with Gasteiger partial charge in [-0.15, -0.1) is 0 Å². The Labute approximate surface area is 360 Å². The molecule has 326 valence electrons. The first-order chi connectivity index (χ1) is 29.1. The van der Waals surface area contributed by atoms with Crippen LogP contribution in [0.2, 0.25) is 5.04 Å². The van der Waals surface area contributed by atoms with Crippen molar-refractivity contribution in [3.63, 3.8) is 0 Å². The average Bonchev–Trinajstić information content (AvgIpc) is 4.02. The van der Waals surface area contributed by atoms with E-state index < -0.39 is 50.3 Å². The molecule has 61 heavy (non-hydrogen) atoms. The Morgan fingerprint density at radius 1 is 0.902 bits per heavy atom. The molecule has 5 heterocycles. The van der Waals surface area contributed by atoms with Crippen LogP contribution in [0.4, 0.5) is 10.6 Å². The minimum Gasteiger partial charge on any atom is -0.443 e. The molecule has 1 amide bonds. The molecule has 4 aromatic rings. The lowest BCUT2D eigenvalue weighted by molar-refractivity contribution is -0.200. The normalized spacial score (nSPS) is 24.4. The van der Waals surface area contributed by atoms with Crippen molar-refractivity contribution < 1.29 is 37.6 Å². The maximum atomic E-state index is 14.2. The van der Waals surface area contributed by atoms with E-state index in [0.717, 1.165) is 44.9 Å². The molecule has 1 unspecified atom stereocenters. The molecule has 4 fully saturated rings. The summed E-state index contributed by atoms with van der Waals surface area (Å²) in [5.74, 6) is 5.93. The molecule has 1 aliphatic carbocycles. The van der Waals surface area contributed by atoms with Crippen molar-refractivity contribution >= 4 is 41.6 Å². The second-order valence-corrected chi connectivity index (χ2v) is 23.3. The molecule has 0 spiro atoms. The number of anilines is 1. The molecule has 3 aliphatic heterocycles. The van der Waals surface area contributed by atoms with Crippen molar-refractivity contribution in [2.75, 3.05) is 24.7 Å². The van der Waals surface area contributed by atoms with Crippen LogP contribution in [0.3, 0.4) is 0 Å². The van der Waals surface area contributed by atoms with Gasteiger partial charge in [0.15, 0.2) is 29.8 Å². The summed E-state index contributed by atoms with van der Waals surface area (Å²) in [6.45, 7) is 17.3. The molecule has 0 bridgehead atoms. The summed E-state index contributed by atoms with van der Waals surface area (Å²) in [4.78, 5) is 25.8. The summed E-state index contributed by atoms with van der Waals surface area (Å²) >= 11 is 0. The first kappa shape index (κ1) is 43.4. The molecule has 13 nitrogen and oxygen atoms in total. The van der Waals surface area contributed by atoms with E-state index in [2.05, 4.69) is 81.1 Å². The fourth-order valence-electron chi connectivity index (χ4n) is 9.27. The number of hydrogen-bond donors (Lipinski definition) is 0. The number of hydrogen-bond acceptors (Lipinski definition) is 11. The second-order valence-electron chi connectivity index (χ2n) is 19.0. The predicted molar refractivity (Wildman–Crippen MR) is 234 cm³/mol. The standard InChI is InChI=1S/C47H61N5O8Si/c1-45(2,3)60-44(53)51(32-20-15-16-21-32)41-35-30-48-52(42(35)50-37(49-41)26-19-29-55-38-27-17-18-28-54-38)43-40-39(58-47(7,8)59-40)36(57-43)31-56-61(46(4,5)6,33-22-11-9-12-23-33)34-24-13-10-14-25-34/h9-14,22-25,30,32,36,38-40,43H,15-18,20-21,27-29,31H2,1-8H3/t36-,38?,39-,40-,43-/m1/s1. The van der Waals surface area contributed by atoms with Crippen LogP contribution < -0.4 is 15.3 Å². The van der Waals surface area contributed by atoms with Gasteiger partial charge in [0.05, 0.1) is 18.2 Å². The highest BCUT2D eigenvalue weighted by Crippen LogP contribution is 2.45. The highest BCUT2D eigenvalue weighted by atomic mass is 28.4. The Balaban J connectivity index is 1.18. The summed E-state index contributed by atoms with van der Waals surface area (Å²) in [7, 11) is -2.93. The largest absolute Gasteiger partial charge is 0.443 e. The number of ether oxygens (including phenoxy) is 6. The van der Waals surface area contributed by atoms with E-state index in [-0.39, 0.29) is 36.4 Å². The van der Waals surface area contributed by atoms with E-state index in [0.29, 0.717) is 23.5 Å². The van der Waals surface area contributed by atoms with Gasteiger partial charge in [0.2, 0.25) is 5.82 Å². The molecule has 2 aromatic heterocycles. The number of benzene rings is 2. The minimum atomic E-state index is -2.93. The van der Waals surface area contributed by atoms with Crippen LogP contribution in [0.1, 0.15) is 112 Å². The lowest BCUT2D eigenvalue weighted by Crippen LogP contribution is -2.67. The number of carbonyl (C=O) groups excluding carboxylic acids is 1. The van der Waals surface area contributed by atoms with E-state index in [1.54, 1.807) is 15.8 Å². The first-order valence-corrected chi connectivity index (χ1v) is 23.8. The van der Waals surface area contributed by atoms with E-state index in [4.69, 9.17) is 47.9 Å². The molecular formula is C47H61N5O8Si. The van der Waals surface area contributed by atoms with Gasteiger partial charge in [-0.3, -0.25) is 4.90 Å². The summed E-state index contributed by atoms with van der Waals surface area (Å²) in [6, 6.07) is 21.0. The molecule has 14 heteroatoms. The predicted octanol–water partition coefficient (Wildman–Crippen LogP) is 7.40. The SMILES string of the molecule is CC(C)(C)OC(=O)N(c1nc(C#CCOC2CCCCO2)nc2c1cnn2[C@@H]1O[C@H](CO[Si](c2ccccc2)(c2ccccc2)C(C)(C)C)[C@H]2OC(C)(C)O[C@H]21)C1CCCC1. The van der Waals surface area contributed by atoms with E-state index >= 15 is 0 Å². The zero-order chi connectivity index (χ0) is 43.0. The van der Waals surface area contributed by atoms with Crippen molar-refractivity contribution in [3.05, 3.63) is 72.7 Å². The maximum Gasteiger partial charge on any atom is 0.416 e. The number of aromatic nitrogens is 4. The lowest BCUT2D eigenvalue weighted by Gasteiger charge is -2.43. The topological polar surface area (TPSA) is 129 Å². The molecule has 3 saturated heterocycles. The molecule has 4 aliphatic rings. The van der Waals surface area contributed by atoms with Crippen molar-refractivity contribution in [2.45, 2.75) is 154 Å². The average molecular weight is 852 g/mol. The van der Waals surface area contributed by atoms with E-state index in [1.165, 1.54) is 10.4 Å². The van der Waals surface area contributed by atoms with Crippen molar-refractivity contribution in [3.8, 4) is 11.8 Å². The van der Waals surface area contributed by atoms with Gasteiger partial charge in [0.25, 0.3) is 8.32 Å². The first-order valence-electron chi connectivity index (χ1n) is 21.9. The van der Waals surface area contributed by atoms with Crippen molar-refractivity contribution in [1.82, 2.24) is 19.7 Å². The van der Waals surface area contributed by atoms with Crippen molar-refractivity contribution in [2.24, 2.45) is 0 Å². The van der Waals surface area contributed by atoms with Crippen LogP contribution >= 0.6 is 0 Å². The number of nitrogens with zero attached hydrogens (tertiary/aromatic N) is 5. The number of amides is 1. The van der Waals surface area contributed by atoms with Crippen LogP contribution in [-0.2, 0) is 32.8 Å². The third-order valence-electron chi connectivity index (χ3n) is 11.9. The van der Waals surface area contributed by atoms with Gasteiger partial charge >= 0.3 is 6.09 Å². The summed E-state index contributed by atoms with van der Waals surface area (Å²) < 4.78 is 47.1. The van der Waals surface area contributed by atoms with Crippen LogP contribution in [0.25, 0.3) is 11.0 Å². The van der Waals surface area contributed by atoms with Gasteiger partial charge in [0, 0.05) is 12.6 Å². The van der Waals surface area contributed by atoms with Gasteiger partial charge in [-0.2, -0.15) is 5.10 Å². The van der Waals surface area contributed by atoms with E-state index in [1.807, 2.05) is 46.8 Å². The van der Waals surface area contributed by atoms with Gasteiger partial charge in [-0.1, -0.05) is 100 Å². The highest BCUT2D eigenvalue weighted by Gasteiger charge is 2.58. The summed E-state index contributed by atoms with van der Waals surface area (Å²) in [5, 5.41) is 7.60. The smallest absolute Gasteiger partial charge is 0.416 e. The monoisotopic (exact) mass is 851 g/mol. The van der Waals surface area contributed by atoms with Gasteiger partial charge in [0.1, 0.15) is 30.5 Å². The quantitative estimate of drug-likeness (QED) is 0.117. The highest BCUT2D eigenvalue weighted by molar-refractivity contribution is 6.99. The molecular weight excluding hydrogens is 791 g/mol. The van der Waals surface area contributed by atoms with Crippen LogP contribution in [0, 0.1) is 11.8 Å². The lowest BCUT2D eigenvalue weighted by atomic mass is 10.1. The fraction of sp³-hybridized carbons (Fsp3) is 0.574. The van der Waals surface area contributed by atoms with E-state index in [9.17, 15) is 4.79 Å². The molecule has 8 rings (SSSR count). The third-order valence-corrected chi connectivity index (χ3v) is 16.9. The summed E-state index contributed by atoms with van der Waals surface area (Å²) in [6.07, 6.45) is 5.16. The fourth-order valence-corrected chi connectivity index (χ4v) is 13.8. The Morgan fingerprint density at radius 3 is 2.18 bits per heavy atom. The molecule has 0 radical (unpaired) electrons. The molecule has 2 aromatic carbocycles. The molecule has 0 N–H and O–H groups in total. The van der Waals surface area contributed by atoms with Crippen LogP contribution in [-0.4, -0.2) is 96.0 Å². The van der Waals surface area contributed by atoms with Crippen LogP contribution in [0.5, 0.6) is 0 Å². The third kappa shape index (κ3) is 9.16. The zero-order valence-electron chi connectivity index (χ0n) is 36.9. The number of carbonyl (C=O) groups is 1. The van der Waals surface area contributed by atoms with Crippen LogP contribution in [0.15, 0.2) is 66.9 Å². The zero-order valence-corrected chi connectivity index (χ0v) is 37.9. The Bertz CT molecular complexity index is 2160. The number of fused-ring (bicyclic) bond motifs is 2. The Morgan fingerprint density at radius 2 is 1.56 bits per heavy atom. The molecule has 5 atom stereocenters.